The van der Waals surface area contributed by atoms with Gasteiger partial charge in [-0.25, -0.2) is 8.42 Å². The van der Waals surface area contributed by atoms with Crippen LogP contribution in [0.25, 0.3) is 16.8 Å². The van der Waals surface area contributed by atoms with Gasteiger partial charge in [0.2, 0.25) is 9.84 Å². The van der Waals surface area contributed by atoms with Gasteiger partial charge in [0.05, 0.1) is 4.90 Å². The van der Waals surface area contributed by atoms with Crippen molar-refractivity contribution in [3.05, 3.63) is 83.3 Å². The first kappa shape index (κ1) is 15.0. The number of rotatable bonds is 3. The topological polar surface area (TPSA) is 57.9 Å². The van der Waals surface area contributed by atoms with E-state index < -0.39 is 9.84 Å². The van der Waals surface area contributed by atoms with Gasteiger partial charge >= 0.3 is 0 Å². The zero-order valence-corrected chi connectivity index (χ0v) is 13.0. The number of nitriles is 1. The third-order valence-electron chi connectivity index (χ3n) is 3.56. The number of allylic oxidation sites excluding steroid dienone is 1. The first-order valence-electron chi connectivity index (χ1n) is 7.02. The molecule has 0 saturated heterocycles. The molecule has 3 nitrogen and oxygen atoms in total. The summed E-state index contributed by atoms with van der Waals surface area (Å²) in [6.07, 6.45) is 1.44. The number of sulfone groups is 1. The second kappa shape index (κ2) is 6.07. The Bertz CT molecular complexity index is 1020. The summed E-state index contributed by atoms with van der Waals surface area (Å²) in [7, 11) is -3.82. The summed E-state index contributed by atoms with van der Waals surface area (Å²) in [6, 6.07) is 23.1. The number of nitrogens with zero attached hydrogens (tertiary/aromatic N) is 1. The summed E-state index contributed by atoms with van der Waals surface area (Å²) in [5.41, 5.74) is 0.708. The van der Waals surface area contributed by atoms with E-state index in [-0.39, 0.29) is 9.80 Å². The van der Waals surface area contributed by atoms with Gasteiger partial charge in [-0.05, 0) is 34.5 Å². The van der Waals surface area contributed by atoms with Crippen LogP contribution in [-0.2, 0) is 9.84 Å². The maximum atomic E-state index is 12.6. The van der Waals surface area contributed by atoms with Crippen LogP contribution in [0.3, 0.4) is 0 Å². The quantitative estimate of drug-likeness (QED) is 0.681. The number of hydrogen-bond donors (Lipinski definition) is 0. The van der Waals surface area contributed by atoms with Crippen molar-refractivity contribution >= 4 is 26.7 Å². The maximum Gasteiger partial charge on any atom is 0.216 e. The van der Waals surface area contributed by atoms with E-state index in [0.717, 1.165) is 10.8 Å². The molecule has 0 amide bonds. The highest BCUT2D eigenvalue weighted by molar-refractivity contribution is 7.95. The zero-order chi connectivity index (χ0) is 16.3. The van der Waals surface area contributed by atoms with Gasteiger partial charge in [-0.1, -0.05) is 60.7 Å². The van der Waals surface area contributed by atoms with Gasteiger partial charge in [-0.3, -0.25) is 0 Å². The molecule has 0 saturated carbocycles. The summed E-state index contributed by atoms with van der Waals surface area (Å²) >= 11 is 0. The molecule has 0 aliphatic heterocycles. The third kappa shape index (κ3) is 2.87. The highest BCUT2D eigenvalue weighted by Crippen LogP contribution is 2.25. The largest absolute Gasteiger partial charge is 0.218 e. The summed E-state index contributed by atoms with van der Waals surface area (Å²) in [4.78, 5) is -0.145. The van der Waals surface area contributed by atoms with Gasteiger partial charge in [0, 0.05) is 0 Å². The van der Waals surface area contributed by atoms with E-state index in [1.165, 1.54) is 18.2 Å². The Balaban J connectivity index is 2.18. The van der Waals surface area contributed by atoms with Crippen LogP contribution in [0.5, 0.6) is 0 Å². The minimum absolute atomic E-state index is 0.119. The van der Waals surface area contributed by atoms with Gasteiger partial charge in [-0.2, -0.15) is 5.26 Å². The van der Waals surface area contributed by atoms with Gasteiger partial charge in [0.25, 0.3) is 0 Å². The van der Waals surface area contributed by atoms with Gasteiger partial charge in [0.15, 0.2) is 0 Å². The molecule has 4 heteroatoms. The second-order valence-electron chi connectivity index (χ2n) is 5.01. The number of fused-ring (bicyclic) bond motifs is 1. The van der Waals surface area contributed by atoms with E-state index in [1.807, 2.05) is 42.5 Å². The SMILES string of the molecule is N#C/C(=C\c1cccc2ccccc12)S(=O)(=O)c1ccccc1. The summed E-state index contributed by atoms with van der Waals surface area (Å²) in [5, 5.41) is 11.3. The molecule has 3 aromatic carbocycles. The molecule has 0 aliphatic rings. The monoisotopic (exact) mass is 319 g/mol. The maximum absolute atomic E-state index is 12.6. The van der Waals surface area contributed by atoms with Crippen LogP contribution in [0.4, 0.5) is 0 Å². The average Bonchev–Trinajstić information content (AvgIpc) is 2.60. The Kier molecular flexibility index (Phi) is 3.96. The summed E-state index contributed by atoms with van der Waals surface area (Å²) in [5.74, 6) is 0. The molecule has 0 spiro atoms. The second-order valence-corrected chi connectivity index (χ2v) is 6.92. The molecule has 0 heterocycles. The fourth-order valence-electron chi connectivity index (χ4n) is 2.41. The lowest BCUT2D eigenvalue weighted by molar-refractivity contribution is 0.603. The molecule has 112 valence electrons. The van der Waals surface area contributed by atoms with Crippen molar-refractivity contribution in [2.24, 2.45) is 0 Å². The lowest BCUT2D eigenvalue weighted by atomic mass is 10.0. The van der Waals surface area contributed by atoms with Crippen molar-refractivity contribution in [3.8, 4) is 6.07 Å². The van der Waals surface area contributed by atoms with Crippen molar-refractivity contribution in [1.29, 1.82) is 5.26 Å². The molecule has 0 radical (unpaired) electrons. The fourth-order valence-corrected chi connectivity index (χ4v) is 3.59. The minimum Gasteiger partial charge on any atom is -0.218 e. The van der Waals surface area contributed by atoms with Crippen LogP contribution in [0.1, 0.15) is 5.56 Å². The van der Waals surface area contributed by atoms with Crippen LogP contribution < -0.4 is 0 Å². The van der Waals surface area contributed by atoms with Crippen LogP contribution >= 0.6 is 0 Å². The molecule has 0 unspecified atom stereocenters. The Morgan fingerprint density at radius 3 is 2.26 bits per heavy atom. The smallest absolute Gasteiger partial charge is 0.216 e. The predicted molar refractivity (Wildman–Crippen MR) is 91.2 cm³/mol. The first-order valence-corrected chi connectivity index (χ1v) is 8.51. The molecule has 23 heavy (non-hydrogen) atoms. The Hall–Kier alpha value is -2.90. The molecular weight excluding hydrogens is 306 g/mol. The van der Waals surface area contributed by atoms with E-state index in [4.69, 9.17) is 0 Å². The Morgan fingerprint density at radius 2 is 1.52 bits per heavy atom. The average molecular weight is 319 g/mol. The van der Waals surface area contributed by atoms with E-state index >= 15 is 0 Å². The van der Waals surface area contributed by atoms with Crippen LogP contribution in [0.2, 0.25) is 0 Å². The number of benzene rings is 3. The van der Waals surface area contributed by atoms with Crippen LogP contribution in [-0.4, -0.2) is 8.42 Å². The lowest BCUT2D eigenvalue weighted by Crippen LogP contribution is -2.03. The number of hydrogen-bond acceptors (Lipinski definition) is 3. The van der Waals surface area contributed by atoms with Gasteiger partial charge in [-0.15, -0.1) is 0 Å². The summed E-state index contributed by atoms with van der Waals surface area (Å²) in [6.45, 7) is 0. The third-order valence-corrected chi connectivity index (χ3v) is 5.24. The van der Waals surface area contributed by atoms with Crippen molar-refractivity contribution in [2.75, 3.05) is 0 Å². The highest BCUT2D eigenvalue weighted by atomic mass is 32.2. The van der Waals surface area contributed by atoms with Gasteiger partial charge < -0.3 is 0 Å². The van der Waals surface area contributed by atoms with Crippen molar-refractivity contribution in [2.45, 2.75) is 4.90 Å². The Labute approximate surface area is 135 Å². The van der Waals surface area contributed by atoms with Gasteiger partial charge in [0.1, 0.15) is 11.0 Å². The molecular formula is C19H13NO2S. The van der Waals surface area contributed by atoms with Crippen LogP contribution in [0, 0.1) is 11.3 Å². The Morgan fingerprint density at radius 1 is 0.870 bits per heavy atom. The van der Waals surface area contributed by atoms with E-state index in [0.29, 0.717) is 5.56 Å². The highest BCUT2D eigenvalue weighted by Gasteiger charge is 2.20. The van der Waals surface area contributed by atoms with Crippen molar-refractivity contribution in [3.63, 3.8) is 0 Å². The molecule has 0 atom stereocenters. The molecule has 0 N–H and O–H groups in total. The first-order chi connectivity index (χ1) is 11.1. The normalized spacial score (nSPS) is 12.0. The van der Waals surface area contributed by atoms with E-state index in [1.54, 1.807) is 24.3 Å². The molecule has 0 fully saturated rings. The molecule has 3 rings (SSSR count). The molecule has 0 aliphatic carbocycles. The standard InChI is InChI=1S/C19H13NO2S/c20-14-18(23(21,22)17-10-2-1-3-11-17)13-16-9-6-8-15-7-4-5-12-19(15)16/h1-13H/b18-13+. The van der Waals surface area contributed by atoms with Crippen molar-refractivity contribution < 1.29 is 8.42 Å². The summed E-state index contributed by atoms with van der Waals surface area (Å²) < 4.78 is 25.2. The van der Waals surface area contributed by atoms with E-state index in [2.05, 4.69) is 0 Å². The molecule has 0 bridgehead atoms. The van der Waals surface area contributed by atoms with Crippen LogP contribution in [0.15, 0.2) is 82.6 Å². The van der Waals surface area contributed by atoms with Crippen molar-refractivity contribution in [1.82, 2.24) is 0 Å². The molecule has 0 aromatic heterocycles. The molecule has 3 aromatic rings. The fraction of sp³-hybridized carbons (Fsp3) is 0. The zero-order valence-electron chi connectivity index (χ0n) is 12.2. The van der Waals surface area contributed by atoms with E-state index in [9.17, 15) is 13.7 Å². The minimum atomic E-state index is -3.82. The lowest BCUT2D eigenvalue weighted by Gasteiger charge is -2.05. The predicted octanol–water partition coefficient (Wildman–Crippen LogP) is 4.18.